The van der Waals surface area contributed by atoms with Crippen LogP contribution in [0.25, 0.3) is 0 Å². The fourth-order valence-electron chi connectivity index (χ4n) is 2.69. The molecule has 0 aliphatic carbocycles. The van der Waals surface area contributed by atoms with Gasteiger partial charge in [0.05, 0.1) is 24.1 Å². The maximum atomic E-state index is 4.64. The first-order valence-corrected chi connectivity index (χ1v) is 8.07. The number of nitrogens with zero attached hydrogens (tertiary/aromatic N) is 3. The summed E-state index contributed by atoms with van der Waals surface area (Å²) in [6, 6.07) is 18.5. The van der Waals surface area contributed by atoms with Gasteiger partial charge in [-0.3, -0.25) is 10.1 Å². The molecule has 0 spiro atoms. The van der Waals surface area contributed by atoms with E-state index >= 15 is 0 Å². The van der Waals surface area contributed by atoms with Crippen LogP contribution in [0.3, 0.4) is 0 Å². The van der Waals surface area contributed by atoms with Crippen molar-refractivity contribution in [1.29, 1.82) is 0 Å². The maximum Gasteiger partial charge on any atom is 0.0685 e. The second-order valence-electron chi connectivity index (χ2n) is 5.97. The molecule has 0 saturated carbocycles. The minimum atomic E-state index is 0.770. The van der Waals surface area contributed by atoms with E-state index in [2.05, 4.69) is 65.9 Å². The number of hydrogen-bond acceptors (Lipinski definition) is 3. The van der Waals surface area contributed by atoms with Crippen LogP contribution in [0, 0.1) is 20.8 Å². The molecule has 4 heteroatoms. The van der Waals surface area contributed by atoms with Gasteiger partial charge in [-0.2, -0.15) is 10.2 Å². The standard InChI is InChI=1S/C20H22N4/c1-15-8-7-11-19(12-15)22-21-13-20-16(2)23-24(17(20)3)14-18-9-5-4-6-10-18/h4-13,22H,14H2,1-3H3/b21-13-. The number of anilines is 1. The van der Waals surface area contributed by atoms with E-state index < -0.39 is 0 Å². The van der Waals surface area contributed by atoms with Gasteiger partial charge in [0.1, 0.15) is 0 Å². The second-order valence-corrected chi connectivity index (χ2v) is 5.97. The fourth-order valence-corrected chi connectivity index (χ4v) is 2.69. The van der Waals surface area contributed by atoms with Gasteiger partial charge < -0.3 is 0 Å². The molecule has 1 N–H and O–H groups in total. The molecule has 1 aromatic heterocycles. The molecule has 0 atom stereocenters. The zero-order chi connectivity index (χ0) is 16.9. The first-order valence-electron chi connectivity index (χ1n) is 8.07. The Morgan fingerprint density at radius 3 is 2.58 bits per heavy atom. The summed E-state index contributed by atoms with van der Waals surface area (Å²) in [4.78, 5) is 0. The number of nitrogens with one attached hydrogen (secondary N) is 1. The van der Waals surface area contributed by atoms with E-state index in [1.807, 2.05) is 36.0 Å². The molecule has 122 valence electrons. The zero-order valence-electron chi connectivity index (χ0n) is 14.3. The molecule has 0 unspecified atom stereocenters. The third-order valence-corrected chi connectivity index (χ3v) is 4.02. The number of hydrogen-bond donors (Lipinski definition) is 1. The SMILES string of the molecule is Cc1cccc(N/N=C\c2c(C)nn(Cc3ccccc3)c2C)c1. The van der Waals surface area contributed by atoms with Gasteiger partial charge in [0.2, 0.25) is 0 Å². The van der Waals surface area contributed by atoms with Crippen molar-refractivity contribution >= 4 is 11.9 Å². The third-order valence-electron chi connectivity index (χ3n) is 4.02. The highest BCUT2D eigenvalue weighted by atomic mass is 15.3. The molecule has 3 aromatic rings. The van der Waals surface area contributed by atoms with E-state index in [0.29, 0.717) is 0 Å². The largest absolute Gasteiger partial charge is 0.278 e. The van der Waals surface area contributed by atoms with Crippen molar-refractivity contribution in [3.63, 3.8) is 0 Å². The lowest BCUT2D eigenvalue weighted by Gasteiger charge is -2.04. The summed E-state index contributed by atoms with van der Waals surface area (Å²) < 4.78 is 2.03. The summed E-state index contributed by atoms with van der Waals surface area (Å²) >= 11 is 0. The van der Waals surface area contributed by atoms with E-state index in [1.54, 1.807) is 0 Å². The predicted octanol–water partition coefficient (Wildman–Crippen LogP) is 4.30. The van der Waals surface area contributed by atoms with Gasteiger partial charge in [0, 0.05) is 11.3 Å². The Labute approximate surface area is 142 Å². The number of rotatable bonds is 5. The summed E-state index contributed by atoms with van der Waals surface area (Å²) in [7, 11) is 0. The first kappa shape index (κ1) is 16.0. The molecular weight excluding hydrogens is 296 g/mol. The van der Waals surface area contributed by atoms with Gasteiger partial charge in [-0.25, -0.2) is 0 Å². The number of aromatic nitrogens is 2. The molecule has 2 aromatic carbocycles. The number of aryl methyl sites for hydroxylation is 2. The van der Waals surface area contributed by atoms with E-state index in [-0.39, 0.29) is 0 Å². The normalized spacial score (nSPS) is 11.1. The van der Waals surface area contributed by atoms with Crippen LogP contribution in [0.15, 0.2) is 59.7 Å². The quantitative estimate of drug-likeness (QED) is 0.563. The smallest absolute Gasteiger partial charge is 0.0685 e. The molecule has 4 nitrogen and oxygen atoms in total. The Morgan fingerprint density at radius 2 is 1.83 bits per heavy atom. The van der Waals surface area contributed by atoms with Crippen LogP contribution in [0.2, 0.25) is 0 Å². The topological polar surface area (TPSA) is 42.2 Å². The predicted molar refractivity (Wildman–Crippen MR) is 99.6 cm³/mol. The van der Waals surface area contributed by atoms with Crippen LogP contribution in [-0.4, -0.2) is 16.0 Å². The Hall–Kier alpha value is -2.88. The van der Waals surface area contributed by atoms with E-state index in [0.717, 1.165) is 29.2 Å². The van der Waals surface area contributed by atoms with Crippen molar-refractivity contribution in [1.82, 2.24) is 9.78 Å². The van der Waals surface area contributed by atoms with Crippen molar-refractivity contribution < 1.29 is 0 Å². The van der Waals surface area contributed by atoms with Crippen LogP contribution >= 0.6 is 0 Å². The lowest BCUT2D eigenvalue weighted by molar-refractivity contribution is 0.659. The Balaban J connectivity index is 1.75. The molecule has 0 saturated heterocycles. The fraction of sp³-hybridized carbons (Fsp3) is 0.200. The summed E-state index contributed by atoms with van der Waals surface area (Å²) in [5.74, 6) is 0. The molecule has 0 amide bonds. The second kappa shape index (κ2) is 7.13. The van der Waals surface area contributed by atoms with Gasteiger partial charge in [-0.1, -0.05) is 42.5 Å². The lowest BCUT2D eigenvalue weighted by atomic mass is 10.2. The van der Waals surface area contributed by atoms with Crippen molar-refractivity contribution in [3.05, 3.63) is 82.7 Å². The molecule has 1 heterocycles. The van der Waals surface area contributed by atoms with Gasteiger partial charge in [0.25, 0.3) is 0 Å². The maximum absolute atomic E-state index is 4.64. The van der Waals surface area contributed by atoms with Gasteiger partial charge in [0.15, 0.2) is 0 Å². The van der Waals surface area contributed by atoms with E-state index in [4.69, 9.17) is 0 Å². The minimum absolute atomic E-state index is 0.770. The van der Waals surface area contributed by atoms with Crippen LogP contribution in [0.1, 0.15) is 28.1 Å². The van der Waals surface area contributed by atoms with Crippen molar-refractivity contribution in [2.75, 3.05) is 5.43 Å². The Kier molecular flexibility index (Phi) is 4.75. The Bertz CT molecular complexity index is 847. The summed E-state index contributed by atoms with van der Waals surface area (Å²) in [5.41, 5.74) is 9.67. The molecule has 0 bridgehead atoms. The highest BCUT2D eigenvalue weighted by Crippen LogP contribution is 2.14. The monoisotopic (exact) mass is 318 g/mol. The molecule has 3 rings (SSSR count). The van der Waals surface area contributed by atoms with Gasteiger partial charge >= 0.3 is 0 Å². The molecular formula is C20H22N4. The zero-order valence-corrected chi connectivity index (χ0v) is 14.3. The molecule has 0 fully saturated rings. The van der Waals surface area contributed by atoms with Gasteiger partial charge in [-0.05, 0) is 44.0 Å². The van der Waals surface area contributed by atoms with Crippen LogP contribution < -0.4 is 5.43 Å². The number of hydrazone groups is 1. The molecule has 0 radical (unpaired) electrons. The summed E-state index contributed by atoms with van der Waals surface area (Å²) in [6.07, 6.45) is 1.85. The molecule has 0 aliphatic heterocycles. The first-order chi connectivity index (χ1) is 11.6. The molecule has 0 aliphatic rings. The third kappa shape index (κ3) is 3.71. The van der Waals surface area contributed by atoms with Crippen molar-refractivity contribution in [3.8, 4) is 0 Å². The summed E-state index contributed by atoms with van der Waals surface area (Å²) in [5, 5.41) is 9.01. The average Bonchev–Trinajstić information content (AvgIpc) is 2.83. The Morgan fingerprint density at radius 1 is 1.04 bits per heavy atom. The van der Waals surface area contributed by atoms with Crippen molar-refractivity contribution in [2.24, 2.45) is 5.10 Å². The summed E-state index contributed by atoms with van der Waals surface area (Å²) in [6.45, 7) is 6.93. The van der Waals surface area contributed by atoms with E-state index in [1.165, 1.54) is 11.1 Å². The van der Waals surface area contributed by atoms with Crippen LogP contribution in [0.4, 0.5) is 5.69 Å². The lowest BCUT2D eigenvalue weighted by Crippen LogP contribution is -2.04. The van der Waals surface area contributed by atoms with E-state index in [9.17, 15) is 0 Å². The van der Waals surface area contributed by atoms with Crippen molar-refractivity contribution in [2.45, 2.75) is 27.3 Å². The highest BCUT2D eigenvalue weighted by molar-refractivity contribution is 5.83. The minimum Gasteiger partial charge on any atom is -0.278 e. The number of benzene rings is 2. The average molecular weight is 318 g/mol. The van der Waals surface area contributed by atoms with Crippen LogP contribution in [-0.2, 0) is 6.54 Å². The molecule has 24 heavy (non-hydrogen) atoms. The highest BCUT2D eigenvalue weighted by Gasteiger charge is 2.09. The van der Waals surface area contributed by atoms with Gasteiger partial charge in [-0.15, -0.1) is 0 Å². The van der Waals surface area contributed by atoms with Crippen LogP contribution in [0.5, 0.6) is 0 Å².